The summed E-state index contributed by atoms with van der Waals surface area (Å²) in [6.45, 7) is 1.28. The molecular formula is C20H23N3O6S. The first-order chi connectivity index (χ1) is 14.2. The first-order valence-corrected chi connectivity index (χ1v) is 10.7. The summed E-state index contributed by atoms with van der Waals surface area (Å²) in [6.07, 6.45) is 2.44. The molecule has 0 saturated heterocycles. The molecule has 0 aliphatic heterocycles. The number of anilines is 1. The van der Waals surface area contributed by atoms with Gasteiger partial charge in [0.25, 0.3) is 5.91 Å². The van der Waals surface area contributed by atoms with Gasteiger partial charge in [0.1, 0.15) is 11.8 Å². The van der Waals surface area contributed by atoms with Crippen molar-refractivity contribution < 1.29 is 27.5 Å². The summed E-state index contributed by atoms with van der Waals surface area (Å²) in [5.74, 6) is -0.600. The Labute approximate surface area is 175 Å². The van der Waals surface area contributed by atoms with Crippen LogP contribution in [0.1, 0.15) is 12.5 Å². The van der Waals surface area contributed by atoms with Gasteiger partial charge in [0, 0.05) is 0 Å². The molecule has 1 N–H and O–H groups in total. The van der Waals surface area contributed by atoms with Gasteiger partial charge in [-0.05, 0) is 48.9 Å². The second kappa shape index (κ2) is 10.4. The molecule has 1 amide bonds. The lowest BCUT2D eigenvalue weighted by molar-refractivity contribution is -0.142. The van der Waals surface area contributed by atoms with Crippen LogP contribution in [0.3, 0.4) is 0 Å². The summed E-state index contributed by atoms with van der Waals surface area (Å²) in [6, 6.07) is 14.0. The molecule has 0 fully saturated rings. The van der Waals surface area contributed by atoms with Gasteiger partial charge in [-0.2, -0.15) is 5.10 Å². The number of carbonyl (C=O) groups is 2. The fourth-order valence-electron chi connectivity index (χ4n) is 2.50. The smallest absolute Gasteiger partial charge is 0.343 e. The van der Waals surface area contributed by atoms with E-state index in [9.17, 15) is 18.0 Å². The van der Waals surface area contributed by atoms with E-state index in [0.717, 1.165) is 10.6 Å². The molecule has 0 saturated carbocycles. The monoisotopic (exact) mass is 433 g/mol. The Bertz CT molecular complexity index is 991. The van der Waals surface area contributed by atoms with Gasteiger partial charge in [0.15, 0.2) is 6.61 Å². The minimum atomic E-state index is -3.68. The van der Waals surface area contributed by atoms with Crippen molar-refractivity contribution in [1.82, 2.24) is 5.43 Å². The van der Waals surface area contributed by atoms with E-state index in [1.54, 1.807) is 54.6 Å². The number of benzene rings is 2. The third-order valence-electron chi connectivity index (χ3n) is 3.95. The van der Waals surface area contributed by atoms with E-state index < -0.39 is 27.9 Å². The number of para-hydroxylation sites is 1. The van der Waals surface area contributed by atoms with Gasteiger partial charge in [-0.1, -0.05) is 18.2 Å². The lowest BCUT2D eigenvalue weighted by Crippen LogP contribution is -2.46. The molecule has 2 rings (SSSR count). The van der Waals surface area contributed by atoms with Crippen LogP contribution in [0.2, 0.25) is 0 Å². The Hall–Kier alpha value is -3.40. The van der Waals surface area contributed by atoms with Crippen molar-refractivity contribution in [3.8, 4) is 5.75 Å². The van der Waals surface area contributed by atoms with Gasteiger partial charge in [-0.15, -0.1) is 0 Å². The number of methoxy groups -OCH3 is 1. The highest BCUT2D eigenvalue weighted by atomic mass is 32.2. The van der Waals surface area contributed by atoms with Crippen molar-refractivity contribution in [2.45, 2.75) is 13.0 Å². The van der Waals surface area contributed by atoms with Crippen molar-refractivity contribution in [2.75, 3.05) is 24.3 Å². The normalized spacial score (nSPS) is 12.2. The second-order valence-corrected chi connectivity index (χ2v) is 8.10. The number of sulfonamides is 1. The standard InChI is InChI=1S/C20H23N3O6S/c1-15(23(30(3,26)27)17-7-5-4-6-8-17)20(25)22-21-13-16-9-11-18(12-10-16)29-14-19(24)28-2/h4-13,15H,14H2,1-3H3,(H,22,25)/b21-13+. The Kier molecular flexibility index (Phi) is 7.93. The first kappa shape index (κ1) is 22.9. The van der Waals surface area contributed by atoms with Crippen LogP contribution in [0, 0.1) is 0 Å². The van der Waals surface area contributed by atoms with Gasteiger partial charge >= 0.3 is 5.97 Å². The molecule has 0 radical (unpaired) electrons. The Morgan fingerprint density at radius 1 is 1.13 bits per heavy atom. The molecule has 0 heterocycles. The zero-order valence-electron chi connectivity index (χ0n) is 16.8. The van der Waals surface area contributed by atoms with E-state index in [4.69, 9.17) is 4.74 Å². The molecular weight excluding hydrogens is 410 g/mol. The SMILES string of the molecule is COC(=O)COc1ccc(/C=N/NC(=O)C(C)N(c2ccccc2)S(C)(=O)=O)cc1. The minimum Gasteiger partial charge on any atom is -0.482 e. The van der Waals surface area contributed by atoms with E-state index in [2.05, 4.69) is 15.3 Å². The highest BCUT2D eigenvalue weighted by Gasteiger charge is 2.28. The highest BCUT2D eigenvalue weighted by molar-refractivity contribution is 7.92. The van der Waals surface area contributed by atoms with Crippen LogP contribution in [0.4, 0.5) is 5.69 Å². The van der Waals surface area contributed by atoms with Gasteiger partial charge in [0.05, 0.1) is 25.3 Å². The van der Waals surface area contributed by atoms with Crippen LogP contribution in [-0.2, 0) is 24.3 Å². The lowest BCUT2D eigenvalue weighted by Gasteiger charge is -2.27. The number of nitrogens with zero attached hydrogens (tertiary/aromatic N) is 2. The number of amides is 1. The maximum atomic E-state index is 12.4. The molecule has 0 spiro atoms. The molecule has 0 aromatic heterocycles. The van der Waals surface area contributed by atoms with E-state index in [1.807, 2.05) is 0 Å². The minimum absolute atomic E-state index is 0.198. The number of ether oxygens (including phenoxy) is 2. The zero-order chi connectivity index (χ0) is 22.1. The van der Waals surface area contributed by atoms with Crippen LogP contribution < -0.4 is 14.5 Å². The van der Waals surface area contributed by atoms with E-state index in [-0.39, 0.29) is 6.61 Å². The molecule has 1 atom stereocenters. The predicted octanol–water partition coefficient (Wildman–Crippen LogP) is 1.54. The molecule has 9 nitrogen and oxygen atoms in total. The molecule has 0 bridgehead atoms. The molecule has 0 aliphatic rings. The Morgan fingerprint density at radius 3 is 2.33 bits per heavy atom. The molecule has 160 valence electrons. The molecule has 10 heteroatoms. The summed E-state index contributed by atoms with van der Waals surface area (Å²) in [4.78, 5) is 23.5. The summed E-state index contributed by atoms with van der Waals surface area (Å²) >= 11 is 0. The number of hydrogen-bond acceptors (Lipinski definition) is 7. The summed E-state index contributed by atoms with van der Waals surface area (Å²) in [7, 11) is -2.41. The van der Waals surface area contributed by atoms with Crippen molar-refractivity contribution in [3.63, 3.8) is 0 Å². The summed E-state index contributed by atoms with van der Waals surface area (Å²) in [5.41, 5.74) is 3.39. The Morgan fingerprint density at radius 2 is 1.77 bits per heavy atom. The van der Waals surface area contributed by atoms with Crippen LogP contribution in [0.5, 0.6) is 5.75 Å². The fourth-order valence-corrected chi connectivity index (χ4v) is 3.67. The van der Waals surface area contributed by atoms with Crippen LogP contribution >= 0.6 is 0 Å². The summed E-state index contributed by atoms with van der Waals surface area (Å²) < 4.78 is 35.1. The van der Waals surface area contributed by atoms with Crippen molar-refractivity contribution in [1.29, 1.82) is 0 Å². The van der Waals surface area contributed by atoms with Gasteiger partial charge in [0.2, 0.25) is 10.0 Å². The predicted molar refractivity (Wildman–Crippen MR) is 113 cm³/mol. The number of carbonyl (C=O) groups excluding carboxylic acids is 2. The number of rotatable bonds is 9. The first-order valence-electron chi connectivity index (χ1n) is 8.89. The highest BCUT2D eigenvalue weighted by Crippen LogP contribution is 2.20. The van der Waals surface area contributed by atoms with Gasteiger partial charge in [-0.3, -0.25) is 9.10 Å². The van der Waals surface area contributed by atoms with E-state index >= 15 is 0 Å². The maximum absolute atomic E-state index is 12.4. The van der Waals surface area contributed by atoms with Crippen molar-refractivity contribution >= 4 is 33.8 Å². The topological polar surface area (TPSA) is 114 Å². The fraction of sp³-hybridized carbons (Fsp3) is 0.250. The number of hydrogen-bond donors (Lipinski definition) is 1. The quantitative estimate of drug-likeness (QED) is 0.365. The average molecular weight is 433 g/mol. The van der Waals surface area contributed by atoms with E-state index in [0.29, 0.717) is 17.0 Å². The van der Waals surface area contributed by atoms with Crippen molar-refractivity contribution in [2.24, 2.45) is 5.10 Å². The average Bonchev–Trinajstić information content (AvgIpc) is 2.72. The third-order valence-corrected chi connectivity index (χ3v) is 5.19. The zero-order valence-corrected chi connectivity index (χ0v) is 17.6. The number of nitrogens with one attached hydrogen (secondary N) is 1. The number of hydrazone groups is 1. The Balaban J connectivity index is 2.00. The van der Waals surface area contributed by atoms with E-state index in [1.165, 1.54) is 20.2 Å². The lowest BCUT2D eigenvalue weighted by atomic mass is 10.2. The van der Waals surface area contributed by atoms with Gasteiger partial charge in [-0.25, -0.2) is 18.6 Å². The largest absolute Gasteiger partial charge is 0.482 e. The third kappa shape index (κ3) is 6.59. The van der Waals surface area contributed by atoms with Crippen LogP contribution in [0.15, 0.2) is 59.7 Å². The van der Waals surface area contributed by atoms with Crippen LogP contribution in [-0.4, -0.2) is 52.5 Å². The molecule has 0 aliphatic carbocycles. The summed E-state index contributed by atoms with van der Waals surface area (Å²) in [5, 5.41) is 3.88. The van der Waals surface area contributed by atoms with Crippen LogP contribution in [0.25, 0.3) is 0 Å². The maximum Gasteiger partial charge on any atom is 0.343 e. The molecule has 2 aromatic rings. The molecule has 30 heavy (non-hydrogen) atoms. The molecule has 1 unspecified atom stereocenters. The second-order valence-electron chi connectivity index (χ2n) is 6.24. The van der Waals surface area contributed by atoms with Gasteiger partial charge < -0.3 is 9.47 Å². The molecule has 2 aromatic carbocycles. The van der Waals surface area contributed by atoms with Crippen molar-refractivity contribution in [3.05, 3.63) is 60.2 Å². The number of esters is 1.